The lowest BCUT2D eigenvalue weighted by Gasteiger charge is -2.25. The lowest BCUT2D eigenvalue weighted by molar-refractivity contribution is 0.228. The first kappa shape index (κ1) is 17.2. The molecule has 3 rings (SSSR count). The van der Waals surface area contributed by atoms with E-state index in [1.54, 1.807) is 6.20 Å². The first-order valence-electron chi connectivity index (χ1n) is 8.77. The molecule has 24 heavy (non-hydrogen) atoms. The van der Waals surface area contributed by atoms with Crippen molar-refractivity contribution in [3.8, 4) is 0 Å². The minimum atomic E-state index is 0.704. The van der Waals surface area contributed by atoms with Gasteiger partial charge in [-0.2, -0.15) is 0 Å². The van der Waals surface area contributed by atoms with Gasteiger partial charge in [-0.15, -0.1) is 0 Å². The number of amidine groups is 1. The third-order valence-corrected chi connectivity index (χ3v) is 4.69. The summed E-state index contributed by atoms with van der Waals surface area (Å²) in [5.74, 6) is 0.941. The Balaban J connectivity index is 1.55. The number of likely N-dealkylation sites (tertiary alicyclic amines) is 1. The number of halogens is 1. The highest BCUT2D eigenvalue weighted by molar-refractivity contribution is 6.31. The molecular weight excluding hydrogens is 320 g/mol. The number of piperidine rings is 1. The van der Waals surface area contributed by atoms with Crippen LogP contribution in [-0.2, 0) is 0 Å². The number of hydrogen-bond acceptors (Lipinski definition) is 3. The molecule has 5 heteroatoms. The molecule has 4 nitrogen and oxygen atoms in total. The molecular formula is C19H25ClN4. The highest BCUT2D eigenvalue weighted by Crippen LogP contribution is 2.24. The maximum Gasteiger partial charge on any atom is 0.0975 e. The number of hydrogen-bond donors (Lipinski definition) is 1. The van der Waals surface area contributed by atoms with Gasteiger partial charge in [-0.05, 0) is 70.1 Å². The summed E-state index contributed by atoms with van der Waals surface area (Å²) < 4.78 is 0. The molecule has 128 valence electrons. The van der Waals surface area contributed by atoms with Gasteiger partial charge in [0.25, 0.3) is 0 Å². The fourth-order valence-electron chi connectivity index (χ4n) is 3.19. The van der Waals surface area contributed by atoms with Gasteiger partial charge >= 0.3 is 0 Å². The summed E-state index contributed by atoms with van der Waals surface area (Å²) in [5, 5.41) is 5.16. The molecule has 0 radical (unpaired) electrons. The van der Waals surface area contributed by atoms with E-state index in [9.17, 15) is 0 Å². The minimum Gasteiger partial charge on any atom is -0.344 e. The van der Waals surface area contributed by atoms with Gasteiger partial charge in [-0.1, -0.05) is 18.0 Å². The van der Waals surface area contributed by atoms with Crippen LogP contribution >= 0.6 is 11.6 Å². The van der Waals surface area contributed by atoms with Gasteiger partial charge in [0.1, 0.15) is 0 Å². The fourth-order valence-corrected chi connectivity index (χ4v) is 3.36. The van der Waals surface area contributed by atoms with Crippen LogP contribution in [-0.4, -0.2) is 41.9 Å². The molecule has 1 N–H and O–H groups in total. The minimum absolute atomic E-state index is 0.704. The molecule has 1 fully saturated rings. The van der Waals surface area contributed by atoms with E-state index in [2.05, 4.69) is 20.2 Å². The molecule has 1 aliphatic heterocycles. The number of nitrogens with one attached hydrogen (secondary N) is 1. The Bertz CT molecular complexity index is 708. The molecule has 1 aromatic carbocycles. The molecule has 2 aromatic rings. The van der Waals surface area contributed by atoms with Crippen LogP contribution in [0.4, 0.5) is 5.69 Å². The van der Waals surface area contributed by atoms with Crippen LogP contribution in [0.2, 0.25) is 5.02 Å². The summed E-state index contributed by atoms with van der Waals surface area (Å²) in [5.41, 5.74) is 1.92. The fraction of sp³-hybridized carbons (Fsp3) is 0.474. The zero-order valence-electron chi connectivity index (χ0n) is 14.3. The second-order valence-electron chi connectivity index (χ2n) is 6.37. The Labute approximate surface area is 148 Å². The second-order valence-corrected chi connectivity index (χ2v) is 6.80. The second kappa shape index (κ2) is 8.45. The predicted octanol–water partition coefficient (Wildman–Crippen LogP) is 4.59. The van der Waals surface area contributed by atoms with E-state index in [4.69, 9.17) is 11.6 Å². The Hall–Kier alpha value is -1.65. The Morgan fingerprint density at radius 2 is 2.08 bits per heavy atom. The van der Waals surface area contributed by atoms with E-state index in [1.807, 2.05) is 31.2 Å². The summed E-state index contributed by atoms with van der Waals surface area (Å²) in [7, 11) is 0. The Kier molecular flexibility index (Phi) is 6.05. The highest BCUT2D eigenvalue weighted by atomic mass is 35.5. The van der Waals surface area contributed by atoms with Crippen LogP contribution in [0.5, 0.6) is 0 Å². The number of rotatable bonds is 5. The molecule has 0 amide bonds. The smallest absolute Gasteiger partial charge is 0.0975 e. The first-order chi connectivity index (χ1) is 11.7. The molecule has 1 aliphatic rings. The zero-order chi connectivity index (χ0) is 16.8. The van der Waals surface area contributed by atoms with Crippen LogP contribution < -0.4 is 5.32 Å². The lowest BCUT2D eigenvalue weighted by atomic mass is 10.1. The van der Waals surface area contributed by atoms with Crippen molar-refractivity contribution >= 4 is 34.0 Å². The van der Waals surface area contributed by atoms with E-state index >= 15 is 0 Å². The maximum absolute atomic E-state index is 6.04. The highest BCUT2D eigenvalue weighted by Gasteiger charge is 2.08. The van der Waals surface area contributed by atoms with Gasteiger partial charge in [-0.25, -0.2) is 0 Å². The van der Waals surface area contributed by atoms with Gasteiger partial charge in [0.15, 0.2) is 0 Å². The zero-order valence-corrected chi connectivity index (χ0v) is 15.0. The average molecular weight is 345 g/mol. The van der Waals surface area contributed by atoms with E-state index < -0.39 is 0 Å². The van der Waals surface area contributed by atoms with Gasteiger partial charge < -0.3 is 10.2 Å². The standard InChI is InChI=1S/C19H25ClN4/c1-15(21-9-5-13-24-11-3-2-4-12-24)23-18-8-10-22-19-14-16(20)6-7-17(18)19/h6-8,10,14H,2-5,9,11-13H2,1H3,(H,21,22,23). The van der Waals surface area contributed by atoms with Crippen LogP contribution in [0.25, 0.3) is 10.9 Å². The van der Waals surface area contributed by atoms with E-state index in [0.29, 0.717) is 5.02 Å². The molecule has 0 atom stereocenters. The van der Waals surface area contributed by atoms with Gasteiger partial charge in [0.2, 0.25) is 0 Å². The van der Waals surface area contributed by atoms with E-state index in [-0.39, 0.29) is 0 Å². The molecule has 0 unspecified atom stereocenters. The molecule has 0 spiro atoms. The summed E-state index contributed by atoms with van der Waals surface area (Å²) >= 11 is 6.04. The van der Waals surface area contributed by atoms with Crippen molar-refractivity contribution < 1.29 is 0 Å². The first-order valence-corrected chi connectivity index (χ1v) is 9.15. The number of aliphatic imine (C=N–C) groups is 1. The van der Waals surface area contributed by atoms with Crippen molar-refractivity contribution in [1.29, 1.82) is 0 Å². The van der Waals surface area contributed by atoms with E-state index in [0.717, 1.165) is 41.9 Å². The van der Waals surface area contributed by atoms with Gasteiger partial charge in [0, 0.05) is 23.2 Å². The molecule has 0 aliphatic carbocycles. The molecule has 0 saturated carbocycles. The summed E-state index contributed by atoms with van der Waals surface area (Å²) in [6, 6.07) is 7.74. The quantitative estimate of drug-likeness (QED) is 0.489. The maximum atomic E-state index is 6.04. The topological polar surface area (TPSA) is 40.5 Å². The molecule has 0 bridgehead atoms. The van der Waals surface area contributed by atoms with E-state index in [1.165, 1.54) is 32.4 Å². The van der Waals surface area contributed by atoms with Crippen LogP contribution in [0.1, 0.15) is 32.6 Å². The molecule has 1 saturated heterocycles. The van der Waals surface area contributed by atoms with Crippen molar-refractivity contribution in [3.63, 3.8) is 0 Å². The molecule has 2 heterocycles. The normalized spacial score (nSPS) is 16.5. The number of pyridine rings is 1. The third-order valence-electron chi connectivity index (χ3n) is 4.45. The number of anilines is 1. The third kappa shape index (κ3) is 4.68. The number of benzene rings is 1. The monoisotopic (exact) mass is 344 g/mol. The van der Waals surface area contributed by atoms with Crippen molar-refractivity contribution in [2.45, 2.75) is 32.6 Å². The van der Waals surface area contributed by atoms with Crippen LogP contribution in [0.15, 0.2) is 35.5 Å². The van der Waals surface area contributed by atoms with Gasteiger partial charge in [0.05, 0.1) is 17.0 Å². The van der Waals surface area contributed by atoms with Crippen LogP contribution in [0, 0.1) is 0 Å². The summed E-state index contributed by atoms with van der Waals surface area (Å²) in [6.45, 7) is 6.56. The van der Waals surface area contributed by atoms with Gasteiger partial charge in [-0.3, -0.25) is 9.98 Å². The van der Waals surface area contributed by atoms with Crippen molar-refractivity contribution in [2.24, 2.45) is 4.99 Å². The molecule has 1 aromatic heterocycles. The number of aromatic nitrogens is 1. The van der Waals surface area contributed by atoms with Crippen molar-refractivity contribution in [2.75, 3.05) is 31.5 Å². The Morgan fingerprint density at radius 1 is 1.25 bits per heavy atom. The Morgan fingerprint density at radius 3 is 2.92 bits per heavy atom. The number of fused-ring (bicyclic) bond motifs is 1. The predicted molar refractivity (Wildman–Crippen MR) is 103 cm³/mol. The lowest BCUT2D eigenvalue weighted by Crippen LogP contribution is -2.30. The number of nitrogens with zero attached hydrogens (tertiary/aromatic N) is 3. The summed E-state index contributed by atoms with van der Waals surface area (Å²) in [6.07, 6.45) is 7.01. The summed E-state index contributed by atoms with van der Waals surface area (Å²) in [4.78, 5) is 11.6. The van der Waals surface area contributed by atoms with Crippen molar-refractivity contribution in [1.82, 2.24) is 9.88 Å². The van der Waals surface area contributed by atoms with Crippen molar-refractivity contribution in [3.05, 3.63) is 35.5 Å². The average Bonchev–Trinajstić information content (AvgIpc) is 2.59. The SMILES string of the molecule is CC(=NCCCN1CCCCC1)Nc1ccnc2cc(Cl)ccc12. The van der Waals surface area contributed by atoms with Crippen LogP contribution in [0.3, 0.4) is 0 Å². The largest absolute Gasteiger partial charge is 0.344 e.